The second-order valence-electron chi connectivity index (χ2n) is 9.11. The van der Waals surface area contributed by atoms with E-state index in [4.69, 9.17) is 0 Å². The summed E-state index contributed by atoms with van der Waals surface area (Å²) in [5.74, 6) is -0.962. The van der Waals surface area contributed by atoms with Gasteiger partial charge in [-0.2, -0.15) is 9.40 Å². The Morgan fingerprint density at radius 1 is 1.00 bits per heavy atom. The van der Waals surface area contributed by atoms with Crippen molar-refractivity contribution in [1.29, 1.82) is 0 Å². The van der Waals surface area contributed by atoms with E-state index in [-0.39, 0.29) is 30.4 Å². The van der Waals surface area contributed by atoms with E-state index >= 15 is 0 Å². The summed E-state index contributed by atoms with van der Waals surface area (Å²) < 4.78 is 44.0. The predicted octanol–water partition coefficient (Wildman–Crippen LogP) is 4.46. The predicted molar refractivity (Wildman–Crippen MR) is 139 cm³/mol. The summed E-state index contributed by atoms with van der Waals surface area (Å²) >= 11 is 0. The third-order valence-electron chi connectivity index (χ3n) is 6.66. The zero-order chi connectivity index (χ0) is 26.2. The molecule has 7 nitrogen and oxygen atoms in total. The number of sulfonamides is 1. The fraction of sp³-hybridized carbons (Fsp3) is 0.214. The van der Waals surface area contributed by atoms with Gasteiger partial charge in [-0.1, -0.05) is 48.0 Å². The topological polar surface area (TPSA) is 75.5 Å². The molecule has 190 valence electrons. The van der Waals surface area contributed by atoms with Gasteiger partial charge >= 0.3 is 0 Å². The molecule has 1 aliphatic rings. The van der Waals surface area contributed by atoms with Crippen molar-refractivity contribution < 1.29 is 17.6 Å². The van der Waals surface area contributed by atoms with Crippen LogP contribution in [0.5, 0.6) is 0 Å². The van der Waals surface area contributed by atoms with Gasteiger partial charge in [0.2, 0.25) is 10.0 Å². The molecule has 0 aliphatic carbocycles. The smallest absolute Gasteiger partial charge is 0.258 e. The number of halogens is 1. The molecular formula is C28H27FN4O3S. The molecule has 3 aromatic carbocycles. The zero-order valence-electron chi connectivity index (χ0n) is 20.6. The summed E-state index contributed by atoms with van der Waals surface area (Å²) in [4.78, 5) is 14.9. The molecule has 2 heterocycles. The van der Waals surface area contributed by atoms with E-state index in [1.807, 2.05) is 56.4 Å². The van der Waals surface area contributed by atoms with Crippen molar-refractivity contribution in [2.24, 2.45) is 7.05 Å². The minimum absolute atomic E-state index is 0.0521. The van der Waals surface area contributed by atoms with Gasteiger partial charge in [0, 0.05) is 49.1 Å². The van der Waals surface area contributed by atoms with Gasteiger partial charge < -0.3 is 4.90 Å². The third-order valence-corrected chi connectivity index (χ3v) is 8.54. The van der Waals surface area contributed by atoms with Crippen molar-refractivity contribution >= 4 is 21.6 Å². The molecular weight excluding hydrogens is 491 g/mol. The number of benzene rings is 3. The van der Waals surface area contributed by atoms with Gasteiger partial charge in [-0.25, -0.2) is 12.8 Å². The SMILES string of the molecule is Cc1ccc(C(=O)N(Cc2nn(C)c3c2CN(S(=O)(=O)c2ccccc2F)CC3)c2ccccc2)cc1. The molecule has 1 aromatic heterocycles. The molecule has 0 bridgehead atoms. The van der Waals surface area contributed by atoms with Gasteiger partial charge in [-0.15, -0.1) is 0 Å². The highest BCUT2D eigenvalue weighted by molar-refractivity contribution is 7.89. The summed E-state index contributed by atoms with van der Waals surface area (Å²) in [5.41, 5.74) is 4.56. The van der Waals surface area contributed by atoms with Gasteiger partial charge in [-0.05, 0) is 43.3 Å². The van der Waals surface area contributed by atoms with Crippen LogP contribution in [-0.2, 0) is 36.6 Å². The summed E-state index contributed by atoms with van der Waals surface area (Å²) in [6.07, 6.45) is 0.434. The van der Waals surface area contributed by atoms with E-state index in [1.54, 1.807) is 21.7 Å². The molecule has 9 heteroatoms. The maximum absolute atomic E-state index is 14.4. The van der Waals surface area contributed by atoms with Gasteiger partial charge in [0.1, 0.15) is 10.7 Å². The fourth-order valence-electron chi connectivity index (χ4n) is 4.66. The number of hydrogen-bond acceptors (Lipinski definition) is 4. The minimum atomic E-state index is -4.05. The highest BCUT2D eigenvalue weighted by Crippen LogP contribution is 2.30. The van der Waals surface area contributed by atoms with E-state index < -0.39 is 15.8 Å². The molecule has 1 amide bonds. The van der Waals surface area contributed by atoms with E-state index in [1.165, 1.54) is 22.5 Å². The van der Waals surface area contributed by atoms with Crippen LogP contribution in [0.4, 0.5) is 10.1 Å². The average Bonchev–Trinajstić information content (AvgIpc) is 3.22. The van der Waals surface area contributed by atoms with Crippen LogP contribution in [0.15, 0.2) is 83.8 Å². The lowest BCUT2D eigenvalue weighted by Gasteiger charge is -2.28. The van der Waals surface area contributed by atoms with Crippen LogP contribution in [0.1, 0.15) is 32.9 Å². The molecule has 0 saturated heterocycles. The molecule has 0 fully saturated rings. The first-order chi connectivity index (χ1) is 17.8. The Hall–Kier alpha value is -3.82. The van der Waals surface area contributed by atoms with Gasteiger partial charge in [0.05, 0.1) is 12.2 Å². The monoisotopic (exact) mass is 518 g/mol. The van der Waals surface area contributed by atoms with Crippen molar-refractivity contribution in [3.8, 4) is 0 Å². The minimum Gasteiger partial charge on any atom is -0.302 e. The number of carbonyl (C=O) groups excluding carboxylic acids is 1. The molecule has 0 saturated carbocycles. The zero-order valence-corrected chi connectivity index (χ0v) is 21.5. The lowest BCUT2D eigenvalue weighted by molar-refractivity contribution is 0.0984. The van der Waals surface area contributed by atoms with E-state index in [2.05, 4.69) is 5.10 Å². The molecule has 0 spiro atoms. The Labute approximate surface area is 215 Å². The first kappa shape index (κ1) is 24.9. The Morgan fingerprint density at radius 3 is 2.38 bits per heavy atom. The van der Waals surface area contributed by atoms with Crippen molar-refractivity contribution in [3.05, 3.63) is 113 Å². The molecule has 37 heavy (non-hydrogen) atoms. The Kier molecular flexibility index (Phi) is 6.66. The van der Waals surface area contributed by atoms with Crippen molar-refractivity contribution in [2.45, 2.75) is 31.3 Å². The highest BCUT2D eigenvalue weighted by atomic mass is 32.2. The molecule has 0 atom stereocenters. The number of carbonyl (C=O) groups is 1. The molecule has 4 aromatic rings. The first-order valence-electron chi connectivity index (χ1n) is 12.0. The number of hydrogen-bond donors (Lipinski definition) is 0. The second kappa shape index (κ2) is 9.91. The van der Waals surface area contributed by atoms with Crippen LogP contribution in [0, 0.1) is 12.7 Å². The fourth-order valence-corrected chi connectivity index (χ4v) is 6.13. The molecule has 0 unspecified atom stereocenters. The number of anilines is 1. The van der Waals surface area contributed by atoms with Crippen LogP contribution in [-0.4, -0.2) is 35.0 Å². The summed E-state index contributed by atoms with van der Waals surface area (Å²) in [5, 5.41) is 4.68. The number of aromatic nitrogens is 2. The maximum atomic E-state index is 14.4. The third kappa shape index (κ3) is 4.80. The van der Waals surface area contributed by atoms with Crippen LogP contribution >= 0.6 is 0 Å². The first-order valence-corrected chi connectivity index (χ1v) is 13.4. The van der Waals surface area contributed by atoms with Crippen molar-refractivity contribution in [3.63, 3.8) is 0 Å². The number of amides is 1. The number of nitrogens with zero attached hydrogens (tertiary/aromatic N) is 4. The van der Waals surface area contributed by atoms with Crippen molar-refractivity contribution in [2.75, 3.05) is 11.4 Å². The lowest BCUT2D eigenvalue weighted by atomic mass is 10.1. The van der Waals surface area contributed by atoms with Crippen LogP contribution in [0.3, 0.4) is 0 Å². The second-order valence-corrected chi connectivity index (χ2v) is 11.0. The molecule has 1 aliphatic heterocycles. The summed E-state index contributed by atoms with van der Waals surface area (Å²) in [6.45, 7) is 2.39. The van der Waals surface area contributed by atoms with E-state index in [9.17, 15) is 17.6 Å². The number of aryl methyl sites for hydroxylation is 2. The van der Waals surface area contributed by atoms with E-state index in [0.717, 1.165) is 22.9 Å². The maximum Gasteiger partial charge on any atom is 0.258 e. The van der Waals surface area contributed by atoms with Gasteiger partial charge in [0.15, 0.2) is 0 Å². The number of fused-ring (bicyclic) bond motifs is 1. The quantitative estimate of drug-likeness (QED) is 0.378. The largest absolute Gasteiger partial charge is 0.302 e. The van der Waals surface area contributed by atoms with Crippen molar-refractivity contribution in [1.82, 2.24) is 14.1 Å². The highest BCUT2D eigenvalue weighted by Gasteiger charge is 2.34. The normalized spacial score (nSPS) is 13.8. The Balaban J connectivity index is 1.50. The van der Waals surface area contributed by atoms with E-state index in [0.29, 0.717) is 23.4 Å². The standard InChI is InChI=1S/C28H27FN4O3S/c1-20-12-14-21(15-13-20)28(34)33(22-8-4-3-5-9-22)19-25-23-18-32(17-16-26(23)31(2)30-25)37(35,36)27-11-7-6-10-24(27)29/h3-15H,16-19H2,1-2H3. The molecule has 5 rings (SSSR count). The van der Waals surface area contributed by atoms with Crippen LogP contribution < -0.4 is 4.90 Å². The summed E-state index contributed by atoms with van der Waals surface area (Å²) in [6, 6.07) is 22.1. The van der Waals surface area contributed by atoms with Crippen LogP contribution in [0.2, 0.25) is 0 Å². The summed E-state index contributed by atoms with van der Waals surface area (Å²) in [7, 11) is -2.23. The lowest BCUT2D eigenvalue weighted by Crippen LogP contribution is -2.37. The average molecular weight is 519 g/mol. The van der Waals surface area contributed by atoms with Gasteiger partial charge in [0.25, 0.3) is 5.91 Å². The molecule has 0 N–H and O–H groups in total. The Bertz CT molecular complexity index is 1550. The van der Waals surface area contributed by atoms with Crippen LogP contribution in [0.25, 0.3) is 0 Å². The number of rotatable bonds is 6. The van der Waals surface area contributed by atoms with Gasteiger partial charge in [-0.3, -0.25) is 9.48 Å². The number of para-hydroxylation sites is 1. The molecule has 0 radical (unpaired) electrons. The Morgan fingerprint density at radius 2 is 1.68 bits per heavy atom.